The number of nitrogens with one attached hydrogen (secondary N) is 2. The van der Waals surface area contributed by atoms with Crippen LogP contribution in [-0.2, 0) is 9.59 Å². The Balaban J connectivity index is 0.00000124. The maximum Gasteiger partial charge on any atom is 0.243 e. The summed E-state index contributed by atoms with van der Waals surface area (Å²) in [5.74, 6) is -0.239. The summed E-state index contributed by atoms with van der Waals surface area (Å²) >= 11 is 0. The smallest absolute Gasteiger partial charge is 0.243 e. The third kappa shape index (κ3) is 39.1. The molecule has 10 nitrogen and oxygen atoms in total. The van der Waals surface area contributed by atoms with Gasteiger partial charge in [-0.2, -0.15) is 0 Å². The molecule has 1 heterocycles. The van der Waals surface area contributed by atoms with Gasteiger partial charge < -0.3 is 31.1 Å². The summed E-state index contributed by atoms with van der Waals surface area (Å²) in [7, 11) is 0. The van der Waals surface area contributed by atoms with E-state index in [0.717, 1.165) is 103 Å². The van der Waals surface area contributed by atoms with Crippen molar-refractivity contribution in [1.82, 2.24) is 20.4 Å². The molecular formula is C52H106N4O6. The second-order valence-corrected chi connectivity index (χ2v) is 19.0. The average molecular weight is 883 g/mol. The van der Waals surface area contributed by atoms with E-state index in [0.29, 0.717) is 19.5 Å². The lowest BCUT2D eigenvalue weighted by Crippen LogP contribution is -2.56. The highest BCUT2D eigenvalue weighted by molar-refractivity contribution is 5.94. The number of rotatable bonds is 44. The Bertz CT molecular complexity index is 928. The van der Waals surface area contributed by atoms with Crippen molar-refractivity contribution in [3.63, 3.8) is 0 Å². The zero-order chi connectivity index (χ0) is 45.9. The number of carbonyl (C=O) groups is 2. The van der Waals surface area contributed by atoms with Gasteiger partial charge in [-0.05, 0) is 64.5 Å². The maximum atomic E-state index is 11.9. The molecule has 5 unspecified atom stereocenters. The van der Waals surface area contributed by atoms with E-state index in [1.54, 1.807) is 0 Å². The lowest BCUT2D eigenvalue weighted by molar-refractivity contribution is -0.133. The zero-order valence-corrected chi connectivity index (χ0v) is 41.7. The van der Waals surface area contributed by atoms with Gasteiger partial charge in [-0.3, -0.25) is 19.4 Å². The average Bonchev–Trinajstić information content (AvgIpc) is 3.25. The van der Waals surface area contributed by atoms with Crippen LogP contribution < -0.4 is 10.6 Å². The van der Waals surface area contributed by atoms with E-state index < -0.39 is 6.04 Å². The van der Waals surface area contributed by atoms with Crippen LogP contribution in [0.3, 0.4) is 0 Å². The van der Waals surface area contributed by atoms with Crippen LogP contribution in [0.15, 0.2) is 0 Å². The van der Waals surface area contributed by atoms with Crippen LogP contribution in [0.4, 0.5) is 0 Å². The molecule has 0 spiro atoms. The first-order valence-electron chi connectivity index (χ1n) is 26.8. The van der Waals surface area contributed by atoms with Crippen LogP contribution in [-0.4, -0.2) is 118 Å². The fourth-order valence-electron chi connectivity index (χ4n) is 8.58. The molecule has 0 aromatic carbocycles. The van der Waals surface area contributed by atoms with Crippen LogP contribution in [0.1, 0.15) is 247 Å². The summed E-state index contributed by atoms with van der Waals surface area (Å²) in [6, 6.07) is -0.443. The van der Waals surface area contributed by atoms with Crippen LogP contribution in [0.5, 0.6) is 0 Å². The second kappa shape index (κ2) is 44.9. The summed E-state index contributed by atoms with van der Waals surface area (Å²) in [5, 5.41) is 47.5. The highest BCUT2D eigenvalue weighted by atomic mass is 16.3. The molecule has 10 heteroatoms. The topological polar surface area (TPSA) is 146 Å². The maximum absolute atomic E-state index is 11.9. The lowest BCUT2D eigenvalue weighted by Gasteiger charge is -2.28. The Hall–Kier alpha value is -1.30. The van der Waals surface area contributed by atoms with Crippen molar-refractivity contribution in [2.75, 3.05) is 45.8 Å². The molecule has 0 aromatic heterocycles. The minimum atomic E-state index is -0.443. The van der Waals surface area contributed by atoms with Crippen molar-refractivity contribution in [2.45, 2.75) is 277 Å². The van der Waals surface area contributed by atoms with E-state index >= 15 is 0 Å². The van der Waals surface area contributed by atoms with Gasteiger partial charge in [0.25, 0.3) is 0 Å². The number of amides is 2. The van der Waals surface area contributed by atoms with E-state index in [2.05, 4.69) is 55.1 Å². The molecule has 62 heavy (non-hydrogen) atoms. The van der Waals surface area contributed by atoms with Gasteiger partial charge in [0.05, 0.1) is 31.0 Å². The fraction of sp³-hybridized carbons (Fsp3) is 0.962. The van der Waals surface area contributed by atoms with Crippen molar-refractivity contribution >= 4 is 11.8 Å². The molecule has 0 aromatic rings. The highest BCUT2D eigenvalue weighted by Crippen LogP contribution is 2.15. The van der Waals surface area contributed by atoms with Crippen LogP contribution in [0.2, 0.25) is 0 Å². The minimum Gasteiger partial charge on any atom is -0.392 e. The summed E-state index contributed by atoms with van der Waals surface area (Å²) in [6.07, 6.45) is 36.7. The standard InChI is InChI=1S/C28H55N3O4.C24H51NO2/c1-3-5-7-9-11-13-17-24(32)22-31(23-25(33)18-14-12-10-8-6-4-2)20-16-15-19-26-28(35)29-21-27(34)30-26;1-4-7-10-12-14-16-18-23(26)21-25(20-9-6-3)22-24(27)19-17-15-13-11-8-5-2/h24-26,32-33H,3-23H2,1-2H3,(H,29,35)(H,30,34);23-24,26-27H,4-22H2,1-3H3. The number of piperazine rings is 1. The Labute approximate surface area is 383 Å². The van der Waals surface area contributed by atoms with E-state index in [4.69, 9.17) is 0 Å². The third-order valence-electron chi connectivity index (χ3n) is 12.6. The van der Waals surface area contributed by atoms with Gasteiger partial charge in [0.1, 0.15) is 6.04 Å². The molecule has 0 aliphatic carbocycles. The summed E-state index contributed by atoms with van der Waals surface area (Å²) in [5.41, 5.74) is 0. The number of hydrogen-bond donors (Lipinski definition) is 6. The van der Waals surface area contributed by atoms with Crippen LogP contribution in [0.25, 0.3) is 0 Å². The summed E-state index contributed by atoms with van der Waals surface area (Å²) in [6.45, 7) is 15.6. The minimum absolute atomic E-state index is 0.0656. The number of aliphatic hydroxyl groups is 4. The van der Waals surface area contributed by atoms with Gasteiger partial charge in [0.15, 0.2) is 0 Å². The van der Waals surface area contributed by atoms with Crippen molar-refractivity contribution in [3.05, 3.63) is 0 Å². The summed E-state index contributed by atoms with van der Waals surface area (Å²) < 4.78 is 0. The highest BCUT2D eigenvalue weighted by Gasteiger charge is 2.25. The van der Waals surface area contributed by atoms with Crippen molar-refractivity contribution in [1.29, 1.82) is 0 Å². The monoisotopic (exact) mass is 883 g/mol. The number of nitrogens with zero attached hydrogens (tertiary/aromatic N) is 2. The Morgan fingerprint density at radius 3 is 1.08 bits per heavy atom. The van der Waals surface area contributed by atoms with Crippen molar-refractivity contribution in [2.24, 2.45) is 0 Å². The first-order valence-corrected chi connectivity index (χ1v) is 26.8. The van der Waals surface area contributed by atoms with Crippen molar-refractivity contribution < 1.29 is 30.0 Å². The molecule has 1 aliphatic heterocycles. The molecular weight excluding hydrogens is 777 g/mol. The van der Waals surface area contributed by atoms with Crippen molar-refractivity contribution in [3.8, 4) is 0 Å². The predicted molar refractivity (Wildman–Crippen MR) is 263 cm³/mol. The van der Waals surface area contributed by atoms with Gasteiger partial charge in [-0.15, -0.1) is 0 Å². The van der Waals surface area contributed by atoms with Gasteiger partial charge in [-0.25, -0.2) is 0 Å². The molecule has 0 radical (unpaired) electrons. The number of hydrogen-bond acceptors (Lipinski definition) is 8. The number of carbonyl (C=O) groups excluding carboxylic acids is 2. The zero-order valence-electron chi connectivity index (χ0n) is 41.7. The molecule has 1 aliphatic rings. The molecule has 370 valence electrons. The largest absolute Gasteiger partial charge is 0.392 e. The molecule has 6 N–H and O–H groups in total. The Morgan fingerprint density at radius 2 is 0.742 bits per heavy atom. The van der Waals surface area contributed by atoms with Crippen LogP contribution >= 0.6 is 0 Å². The molecule has 1 fully saturated rings. The number of aliphatic hydroxyl groups excluding tert-OH is 4. The fourth-order valence-corrected chi connectivity index (χ4v) is 8.58. The Kier molecular flexibility index (Phi) is 43.9. The molecule has 1 rings (SSSR count). The van der Waals surface area contributed by atoms with Gasteiger partial charge in [0.2, 0.25) is 11.8 Å². The predicted octanol–water partition coefficient (Wildman–Crippen LogP) is 10.6. The Morgan fingerprint density at radius 1 is 0.435 bits per heavy atom. The lowest BCUT2D eigenvalue weighted by atomic mass is 10.0. The van der Waals surface area contributed by atoms with Gasteiger partial charge >= 0.3 is 0 Å². The molecule has 5 atom stereocenters. The van der Waals surface area contributed by atoms with E-state index in [1.165, 1.54) is 128 Å². The first-order chi connectivity index (χ1) is 30.1. The van der Waals surface area contributed by atoms with E-state index in [1.807, 2.05) is 0 Å². The quantitative estimate of drug-likeness (QED) is 0.0332. The van der Waals surface area contributed by atoms with Gasteiger partial charge in [0, 0.05) is 26.2 Å². The molecule has 0 saturated carbocycles. The van der Waals surface area contributed by atoms with Gasteiger partial charge in [-0.1, -0.05) is 195 Å². The summed E-state index contributed by atoms with van der Waals surface area (Å²) in [4.78, 5) is 28.0. The molecule has 0 bridgehead atoms. The van der Waals surface area contributed by atoms with E-state index in [-0.39, 0.29) is 42.8 Å². The molecule has 2 amide bonds. The molecule has 1 saturated heterocycles. The van der Waals surface area contributed by atoms with Crippen LogP contribution in [0, 0.1) is 0 Å². The first kappa shape index (κ1) is 60.7. The second-order valence-electron chi connectivity index (χ2n) is 19.0. The SMILES string of the molecule is CCCCCCCCC(O)CN(CCCC)CC(O)CCCCCCCC.CCCCCCCCC(O)CN(CCCCC1NC(=O)CNC1=O)CC(O)CCCCCCCC. The van der Waals surface area contributed by atoms with E-state index in [9.17, 15) is 30.0 Å². The number of unbranched alkanes of at least 4 members (excludes halogenated alkanes) is 22. The normalized spacial score (nSPS) is 16.2. The third-order valence-corrected chi connectivity index (χ3v) is 12.6.